The molecule has 5 fully saturated rings. The van der Waals surface area contributed by atoms with E-state index < -0.39 is 104 Å². The number of rotatable bonds is 8. The molecule has 7 rings (SSSR count). The maximum Gasteiger partial charge on any atom is 0.334 e. The average Bonchev–Trinajstić information content (AvgIpc) is 3.51. The Balaban J connectivity index is 1.01. The molecule has 55 heavy (non-hydrogen) atoms. The van der Waals surface area contributed by atoms with E-state index in [0.29, 0.717) is 30.3 Å². The summed E-state index contributed by atoms with van der Waals surface area (Å²) in [5.41, 5.74) is 0.757. The summed E-state index contributed by atoms with van der Waals surface area (Å²) in [4.78, 5) is 12.6. The second-order valence-electron chi connectivity index (χ2n) is 18.3. The zero-order valence-electron chi connectivity index (χ0n) is 32.4. The van der Waals surface area contributed by atoms with E-state index in [1.807, 2.05) is 13.8 Å². The maximum atomic E-state index is 12.6. The second-order valence-corrected chi connectivity index (χ2v) is 18.3. The molecule has 20 atom stereocenters. The van der Waals surface area contributed by atoms with Crippen LogP contribution >= 0.6 is 0 Å². The molecule has 0 unspecified atom stereocenters. The Morgan fingerprint density at radius 3 is 2.18 bits per heavy atom. The van der Waals surface area contributed by atoms with Crippen LogP contribution in [0.5, 0.6) is 0 Å². The minimum atomic E-state index is -1.68. The van der Waals surface area contributed by atoms with Gasteiger partial charge in [0.2, 0.25) is 0 Å². The van der Waals surface area contributed by atoms with Crippen LogP contribution in [-0.4, -0.2) is 150 Å². The molecular weight excluding hydrogens is 720 g/mol. The highest BCUT2D eigenvalue weighted by Crippen LogP contribution is 2.68. The number of carbonyl (C=O) groups excluding carboxylic acids is 1. The third kappa shape index (κ3) is 6.86. The van der Waals surface area contributed by atoms with Gasteiger partial charge in [-0.1, -0.05) is 31.1 Å². The van der Waals surface area contributed by atoms with Crippen LogP contribution in [0.15, 0.2) is 22.8 Å². The molecule has 7 aliphatic rings. The van der Waals surface area contributed by atoms with E-state index in [1.54, 1.807) is 6.92 Å². The number of carbonyl (C=O) groups is 1. The number of cyclic esters (lactones) is 1. The van der Waals surface area contributed by atoms with Crippen LogP contribution in [0, 0.1) is 34.5 Å². The first-order valence-corrected chi connectivity index (χ1v) is 20.1. The van der Waals surface area contributed by atoms with Gasteiger partial charge >= 0.3 is 5.97 Å². The van der Waals surface area contributed by atoms with E-state index in [-0.39, 0.29) is 29.6 Å². The Hall–Kier alpha value is -1.57. The molecule has 2 saturated heterocycles. The quantitative estimate of drug-likeness (QED) is 0.116. The van der Waals surface area contributed by atoms with Gasteiger partial charge in [-0.15, -0.1) is 0 Å². The molecule has 3 saturated carbocycles. The minimum absolute atomic E-state index is 0.0515. The fourth-order valence-corrected chi connectivity index (χ4v) is 11.9. The van der Waals surface area contributed by atoms with Gasteiger partial charge in [0.1, 0.15) is 60.5 Å². The van der Waals surface area contributed by atoms with Crippen molar-refractivity contribution < 1.29 is 74.4 Å². The van der Waals surface area contributed by atoms with Crippen molar-refractivity contribution in [2.24, 2.45) is 34.5 Å². The molecule has 0 radical (unpaired) electrons. The van der Waals surface area contributed by atoms with Crippen molar-refractivity contribution in [3.63, 3.8) is 0 Å². The van der Waals surface area contributed by atoms with Crippen LogP contribution in [-0.2, 0) is 28.5 Å². The van der Waals surface area contributed by atoms with E-state index in [4.69, 9.17) is 23.7 Å². The summed E-state index contributed by atoms with van der Waals surface area (Å²) in [7, 11) is 0. The van der Waals surface area contributed by atoms with Crippen molar-refractivity contribution >= 4 is 5.97 Å². The smallest absolute Gasteiger partial charge is 0.334 e. The van der Waals surface area contributed by atoms with Crippen molar-refractivity contribution in [3.05, 3.63) is 22.8 Å². The fourth-order valence-electron chi connectivity index (χ4n) is 11.9. The summed E-state index contributed by atoms with van der Waals surface area (Å²) >= 11 is 0. The summed E-state index contributed by atoms with van der Waals surface area (Å²) in [6.07, 6.45) is -9.39. The van der Waals surface area contributed by atoms with Gasteiger partial charge < -0.3 is 69.6 Å². The maximum absolute atomic E-state index is 12.6. The summed E-state index contributed by atoms with van der Waals surface area (Å²) in [6, 6.07) is 0. The molecule has 0 aromatic carbocycles. The van der Waals surface area contributed by atoms with Gasteiger partial charge in [0.15, 0.2) is 12.6 Å². The third-order valence-corrected chi connectivity index (χ3v) is 15.5. The summed E-state index contributed by atoms with van der Waals surface area (Å²) in [6.45, 7) is 8.86. The van der Waals surface area contributed by atoms with Gasteiger partial charge in [-0.2, -0.15) is 0 Å². The van der Waals surface area contributed by atoms with Crippen LogP contribution in [0.1, 0.15) is 86.0 Å². The number of esters is 1. The lowest BCUT2D eigenvalue weighted by atomic mass is 9.46. The first-order valence-electron chi connectivity index (χ1n) is 20.1. The molecule has 15 heteroatoms. The molecule has 0 spiro atoms. The molecule has 0 amide bonds. The second kappa shape index (κ2) is 15.2. The molecule has 3 heterocycles. The predicted molar refractivity (Wildman–Crippen MR) is 191 cm³/mol. The zero-order chi connectivity index (χ0) is 39.9. The van der Waals surface area contributed by atoms with Crippen LogP contribution < -0.4 is 0 Å². The van der Waals surface area contributed by atoms with Crippen molar-refractivity contribution in [2.75, 3.05) is 13.2 Å². The largest absolute Gasteiger partial charge is 0.456 e. The van der Waals surface area contributed by atoms with E-state index in [0.717, 1.165) is 43.3 Å². The SMILES string of the molecule is CC1=C(C)C(=O)O[C@@H]([C@@](C)(O)[C@@H]2CC[C@@H]3[C@H]4CC=C5C[C@@H](O[C@H]6O[C@@H](CO[C@@H]7O[C@H](CO)[C@@H](O)[C@H](O)[C@@H]7O)[C@H](O)[C@@H](O)[C@@H]6O)C[C@@H](O)[C@@]5(C)[C@@H]4CC[C@]32C)C1. The first-order chi connectivity index (χ1) is 25.8. The van der Waals surface area contributed by atoms with Gasteiger partial charge in [0.25, 0.3) is 0 Å². The lowest BCUT2D eigenvalue weighted by molar-refractivity contribution is -0.337. The van der Waals surface area contributed by atoms with Crippen molar-refractivity contribution in [3.8, 4) is 0 Å². The normalized spacial score (nSPS) is 51.3. The highest BCUT2D eigenvalue weighted by atomic mass is 16.7. The number of allylic oxidation sites excluding steroid dienone is 1. The van der Waals surface area contributed by atoms with Gasteiger partial charge in [-0.05, 0) is 88.4 Å². The molecule has 312 valence electrons. The van der Waals surface area contributed by atoms with Gasteiger partial charge in [0.05, 0.1) is 25.4 Å². The molecule has 9 N–H and O–H groups in total. The summed E-state index contributed by atoms with van der Waals surface area (Å²) in [5.74, 6) is 0.398. The van der Waals surface area contributed by atoms with E-state index in [1.165, 1.54) is 0 Å². The molecule has 0 bridgehead atoms. The third-order valence-electron chi connectivity index (χ3n) is 15.5. The lowest BCUT2D eigenvalue weighted by Crippen LogP contribution is -2.62. The number of hydrogen-bond acceptors (Lipinski definition) is 15. The van der Waals surface area contributed by atoms with Crippen LogP contribution in [0.2, 0.25) is 0 Å². The van der Waals surface area contributed by atoms with Gasteiger partial charge in [-0.25, -0.2) is 4.79 Å². The zero-order valence-corrected chi connectivity index (χ0v) is 32.4. The molecule has 4 aliphatic carbocycles. The highest BCUT2D eigenvalue weighted by Gasteiger charge is 2.64. The Kier molecular flexibility index (Phi) is 11.5. The van der Waals surface area contributed by atoms with Crippen molar-refractivity contribution in [1.29, 1.82) is 0 Å². The van der Waals surface area contributed by atoms with E-state index in [2.05, 4.69) is 19.9 Å². The molecule has 0 aromatic heterocycles. The Morgan fingerprint density at radius 2 is 1.51 bits per heavy atom. The van der Waals surface area contributed by atoms with Crippen LogP contribution in [0.3, 0.4) is 0 Å². The van der Waals surface area contributed by atoms with Crippen LogP contribution in [0.4, 0.5) is 0 Å². The number of fused-ring (bicyclic) bond motifs is 5. The minimum Gasteiger partial charge on any atom is -0.456 e. The van der Waals surface area contributed by atoms with Crippen LogP contribution in [0.25, 0.3) is 0 Å². The first kappa shape index (κ1) is 41.6. The number of aliphatic hydroxyl groups excluding tert-OH is 8. The highest BCUT2D eigenvalue weighted by molar-refractivity contribution is 5.89. The fraction of sp³-hybridized carbons (Fsp3) is 0.875. The number of hydrogen-bond donors (Lipinski definition) is 9. The topological polar surface area (TPSA) is 245 Å². The monoisotopic (exact) mass is 782 g/mol. The van der Waals surface area contributed by atoms with E-state index >= 15 is 0 Å². The van der Waals surface area contributed by atoms with Gasteiger partial charge in [-0.3, -0.25) is 0 Å². The van der Waals surface area contributed by atoms with Gasteiger partial charge in [0, 0.05) is 23.8 Å². The lowest BCUT2D eigenvalue weighted by Gasteiger charge is -2.60. The standard InChI is InChI=1S/C40H62O15/c1-17-12-28(55-35(49)18(17)2)40(5,50)26-9-8-22-21-7-6-19-13-20(14-27(42)39(19,4)23(21)10-11-38(22,26)3)52-37-34(48)32(46)30(44)25(54-37)16-51-36-33(47)31(45)29(43)24(15-41)53-36/h6,20-34,36-37,41-48,50H,7-16H2,1-5H3/t20-,21-,22-,23-,24-,25+,26-,27-,28-,29-,30+,31+,32-,33+,34+,36-,37+,38-,39-,40+/m1/s1. The predicted octanol–water partition coefficient (Wildman–Crippen LogP) is -0.0516. The van der Waals surface area contributed by atoms with E-state index in [9.17, 15) is 50.8 Å². The average molecular weight is 783 g/mol. The summed E-state index contributed by atoms with van der Waals surface area (Å²) in [5, 5.41) is 96.4. The Morgan fingerprint density at radius 1 is 0.855 bits per heavy atom. The Labute approximate surface area is 321 Å². The molecule has 3 aliphatic heterocycles. The molecular formula is C40H62O15. The Bertz CT molecular complexity index is 1500. The number of aliphatic hydroxyl groups is 9. The molecule has 0 aromatic rings. The summed E-state index contributed by atoms with van der Waals surface area (Å²) < 4.78 is 28.9. The van der Waals surface area contributed by atoms with Crippen molar-refractivity contribution in [1.82, 2.24) is 0 Å². The molecule has 15 nitrogen and oxygen atoms in total. The van der Waals surface area contributed by atoms with Crippen molar-refractivity contribution in [2.45, 2.75) is 171 Å². The number of ether oxygens (including phenoxy) is 5.